The quantitative estimate of drug-likeness (QED) is 0.849. The highest BCUT2D eigenvalue weighted by molar-refractivity contribution is 5.84. The van der Waals surface area contributed by atoms with Gasteiger partial charge in [-0.1, -0.05) is 30.3 Å². The van der Waals surface area contributed by atoms with Gasteiger partial charge in [-0.2, -0.15) is 0 Å². The van der Waals surface area contributed by atoms with Gasteiger partial charge >= 0.3 is 6.09 Å². The van der Waals surface area contributed by atoms with Gasteiger partial charge in [0.2, 0.25) is 0 Å². The summed E-state index contributed by atoms with van der Waals surface area (Å²) in [5, 5.41) is 0. The lowest BCUT2D eigenvalue weighted by atomic mass is 9.92. The molecule has 6 heteroatoms. The van der Waals surface area contributed by atoms with Crippen LogP contribution >= 0.6 is 0 Å². The average molecular weight is 318 g/mol. The molecule has 1 aromatic rings. The lowest BCUT2D eigenvalue weighted by molar-refractivity contribution is -0.165. The fourth-order valence-electron chi connectivity index (χ4n) is 3.11. The summed E-state index contributed by atoms with van der Waals surface area (Å²) in [4.78, 5) is 27.6. The Bertz CT molecular complexity index is 596. The zero-order chi connectivity index (χ0) is 16.6. The van der Waals surface area contributed by atoms with E-state index in [0.29, 0.717) is 19.6 Å². The molecule has 0 bridgehead atoms. The van der Waals surface area contributed by atoms with Gasteiger partial charge in [0.1, 0.15) is 0 Å². The number of nitrogens with zero attached hydrogens (tertiary/aromatic N) is 2. The summed E-state index contributed by atoms with van der Waals surface area (Å²) in [5.41, 5.74) is 0.299. The molecule has 1 spiro atoms. The molecule has 1 atom stereocenters. The van der Waals surface area contributed by atoms with Gasteiger partial charge in [-0.25, -0.2) is 4.79 Å². The summed E-state index contributed by atoms with van der Waals surface area (Å²) in [7, 11) is 1.70. The normalized spacial score (nSPS) is 20.6. The van der Waals surface area contributed by atoms with E-state index in [2.05, 4.69) is 0 Å². The van der Waals surface area contributed by atoms with Crippen molar-refractivity contribution in [1.82, 2.24) is 9.80 Å². The second-order valence-electron chi connectivity index (χ2n) is 6.58. The molecule has 23 heavy (non-hydrogen) atoms. The number of amides is 2. The van der Waals surface area contributed by atoms with E-state index in [9.17, 15) is 9.59 Å². The predicted molar refractivity (Wildman–Crippen MR) is 83.8 cm³/mol. The van der Waals surface area contributed by atoms with Crippen LogP contribution in [0.3, 0.4) is 0 Å². The SMILES string of the molecule is CC(C)OC(C(=O)N1CC2(CN(C)C(=O)O2)C1)c1ccccc1. The Morgan fingerprint density at radius 2 is 1.87 bits per heavy atom. The molecule has 2 fully saturated rings. The summed E-state index contributed by atoms with van der Waals surface area (Å²) >= 11 is 0. The van der Waals surface area contributed by atoms with Gasteiger partial charge < -0.3 is 19.3 Å². The van der Waals surface area contributed by atoms with Crippen molar-refractivity contribution in [2.45, 2.75) is 31.7 Å². The smallest absolute Gasteiger partial charge is 0.410 e. The van der Waals surface area contributed by atoms with Gasteiger partial charge in [-0.3, -0.25) is 4.79 Å². The van der Waals surface area contributed by atoms with Crippen molar-refractivity contribution in [3.05, 3.63) is 35.9 Å². The number of likely N-dealkylation sites (N-methyl/N-ethyl adjacent to an activating group) is 1. The monoisotopic (exact) mass is 318 g/mol. The molecule has 2 amide bonds. The Balaban J connectivity index is 1.70. The van der Waals surface area contributed by atoms with Crippen molar-refractivity contribution in [3.63, 3.8) is 0 Å². The molecule has 1 aromatic carbocycles. The minimum Gasteiger partial charge on any atom is -0.437 e. The van der Waals surface area contributed by atoms with Crippen LogP contribution in [0.15, 0.2) is 30.3 Å². The first-order chi connectivity index (χ1) is 10.9. The number of carbonyl (C=O) groups excluding carboxylic acids is 2. The molecule has 2 aliphatic heterocycles. The van der Waals surface area contributed by atoms with Gasteiger partial charge in [0.25, 0.3) is 5.91 Å². The number of likely N-dealkylation sites (tertiary alicyclic amines) is 1. The minimum absolute atomic E-state index is 0.0603. The zero-order valence-corrected chi connectivity index (χ0v) is 13.7. The second-order valence-corrected chi connectivity index (χ2v) is 6.58. The summed E-state index contributed by atoms with van der Waals surface area (Å²) in [6.45, 7) is 5.19. The zero-order valence-electron chi connectivity index (χ0n) is 13.7. The van der Waals surface area contributed by atoms with E-state index in [1.54, 1.807) is 16.8 Å². The average Bonchev–Trinajstić information content (AvgIpc) is 2.79. The predicted octanol–water partition coefficient (Wildman–Crippen LogP) is 1.82. The molecule has 124 valence electrons. The molecule has 3 rings (SSSR count). The molecule has 0 aliphatic carbocycles. The van der Waals surface area contributed by atoms with Crippen LogP contribution in [0.2, 0.25) is 0 Å². The maximum absolute atomic E-state index is 12.8. The van der Waals surface area contributed by atoms with Crippen LogP contribution in [0.1, 0.15) is 25.5 Å². The molecule has 0 N–H and O–H groups in total. The van der Waals surface area contributed by atoms with E-state index in [4.69, 9.17) is 9.47 Å². The van der Waals surface area contributed by atoms with E-state index < -0.39 is 11.7 Å². The molecule has 2 heterocycles. The molecule has 0 radical (unpaired) electrons. The third-order valence-corrected chi connectivity index (χ3v) is 4.15. The topological polar surface area (TPSA) is 59.1 Å². The second kappa shape index (κ2) is 5.85. The summed E-state index contributed by atoms with van der Waals surface area (Å²) < 4.78 is 11.2. The van der Waals surface area contributed by atoms with Crippen molar-refractivity contribution in [2.75, 3.05) is 26.7 Å². The number of rotatable bonds is 4. The van der Waals surface area contributed by atoms with Gasteiger partial charge in [0, 0.05) is 7.05 Å². The highest BCUT2D eigenvalue weighted by Crippen LogP contribution is 2.34. The third kappa shape index (κ3) is 3.03. The molecule has 6 nitrogen and oxygen atoms in total. The Kier molecular flexibility index (Phi) is 4.02. The van der Waals surface area contributed by atoms with E-state index in [1.165, 1.54) is 0 Å². The molecule has 2 saturated heterocycles. The van der Waals surface area contributed by atoms with Crippen LogP contribution in [0, 0.1) is 0 Å². The van der Waals surface area contributed by atoms with Gasteiger partial charge in [-0.05, 0) is 19.4 Å². The first-order valence-electron chi connectivity index (χ1n) is 7.83. The Morgan fingerprint density at radius 1 is 1.22 bits per heavy atom. The number of hydrogen-bond acceptors (Lipinski definition) is 4. The largest absolute Gasteiger partial charge is 0.437 e. The van der Waals surface area contributed by atoms with E-state index in [0.717, 1.165) is 5.56 Å². The lowest BCUT2D eigenvalue weighted by Gasteiger charge is -2.46. The van der Waals surface area contributed by atoms with E-state index in [1.807, 2.05) is 44.2 Å². The number of ether oxygens (including phenoxy) is 2. The fourth-order valence-corrected chi connectivity index (χ4v) is 3.11. The first-order valence-corrected chi connectivity index (χ1v) is 7.83. The van der Waals surface area contributed by atoms with Crippen LogP contribution in [-0.2, 0) is 14.3 Å². The van der Waals surface area contributed by atoms with Crippen molar-refractivity contribution in [2.24, 2.45) is 0 Å². The van der Waals surface area contributed by atoms with Crippen LogP contribution in [-0.4, -0.2) is 60.2 Å². The van der Waals surface area contributed by atoms with Crippen LogP contribution < -0.4 is 0 Å². The Hall–Kier alpha value is -2.08. The molecule has 0 aromatic heterocycles. The summed E-state index contributed by atoms with van der Waals surface area (Å²) in [6, 6.07) is 9.48. The van der Waals surface area contributed by atoms with E-state index >= 15 is 0 Å². The minimum atomic E-state index is -0.622. The Morgan fingerprint density at radius 3 is 2.39 bits per heavy atom. The lowest BCUT2D eigenvalue weighted by Crippen LogP contribution is -2.66. The molecular formula is C17H22N2O4. The van der Waals surface area contributed by atoms with Crippen molar-refractivity contribution >= 4 is 12.0 Å². The van der Waals surface area contributed by atoms with Crippen molar-refractivity contribution in [3.8, 4) is 0 Å². The molecule has 1 unspecified atom stereocenters. The van der Waals surface area contributed by atoms with Crippen molar-refractivity contribution in [1.29, 1.82) is 0 Å². The Labute approximate surface area is 136 Å². The highest BCUT2D eigenvalue weighted by Gasteiger charge is 2.55. The number of carbonyl (C=O) groups is 2. The maximum atomic E-state index is 12.8. The maximum Gasteiger partial charge on any atom is 0.410 e. The van der Waals surface area contributed by atoms with Crippen molar-refractivity contribution < 1.29 is 19.1 Å². The van der Waals surface area contributed by atoms with Gasteiger partial charge in [-0.15, -0.1) is 0 Å². The van der Waals surface area contributed by atoms with E-state index in [-0.39, 0.29) is 18.1 Å². The van der Waals surface area contributed by atoms with Crippen LogP contribution in [0.4, 0.5) is 4.79 Å². The molecular weight excluding hydrogens is 296 g/mol. The summed E-state index contributed by atoms with van der Waals surface area (Å²) in [6.07, 6.45) is -1.01. The van der Waals surface area contributed by atoms with Gasteiger partial charge in [0.15, 0.2) is 11.7 Å². The highest BCUT2D eigenvalue weighted by atomic mass is 16.6. The molecule has 0 saturated carbocycles. The van der Waals surface area contributed by atoms with Crippen LogP contribution in [0.25, 0.3) is 0 Å². The van der Waals surface area contributed by atoms with Crippen LogP contribution in [0.5, 0.6) is 0 Å². The number of hydrogen-bond donors (Lipinski definition) is 0. The first kappa shape index (κ1) is 15.8. The third-order valence-electron chi connectivity index (χ3n) is 4.15. The van der Waals surface area contributed by atoms with Gasteiger partial charge in [0.05, 0.1) is 25.7 Å². The summed E-state index contributed by atoms with van der Waals surface area (Å²) in [5.74, 6) is -0.0823. The number of benzene rings is 1. The standard InChI is InChI=1S/C17H22N2O4/c1-12(2)22-14(13-7-5-4-6-8-13)15(20)19-10-17(11-19)9-18(3)16(21)23-17/h4-8,12,14H,9-11H2,1-3H3. The fraction of sp³-hybridized carbons (Fsp3) is 0.529. The molecule has 2 aliphatic rings.